The van der Waals surface area contributed by atoms with Crippen molar-refractivity contribution in [1.29, 1.82) is 0 Å². The third-order valence-corrected chi connectivity index (χ3v) is 4.64. The smallest absolute Gasteiger partial charge is 0.232 e. The minimum absolute atomic E-state index is 0.0152. The second kappa shape index (κ2) is 6.19. The highest BCUT2D eigenvalue weighted by Gasteiger charge is 2.20. The second-order valence-electron chi connectivity index (χ2n) is 4.63. The summed E-state index contributed by atoms with van der Waals surface area (Å²) in [6.07, 6.45) is 2.87. The predicted molar refractivity (Wildman–Crippen MR) is 77.2 cm³/mol. The fraction of sp³-hybridized carbons (Fsp3) is 0.500. The van der Waals surface area contributed by atoms with Crippen molar-refractivity contribution in [3.8, 4) is 0 Å². The Balaban J connectivity index is 1.86. The highest BCUT2D eigenvalue weighted by Crippen LogP contribution is 2.21. The van der Waals surface area contributed by atoms with E-state index in [1.807, 2.05) is 0 Å². The Kier molecular flexibility index (Phi) is 4.81. The summed E-state index contributed by atoms with van der Waals surface area (Å²) in [4.78, 5) is 0. The third kappa shape index (κ3) is 5.08. The van der Waals surface area contributed by atoms with Crippen molar-refractivity contribution < 1.29 is 12.8 Å². The normalized spacial score (nSPS) is 15.5. The molecule has 0 atom stereocenters. The van der Waals surface area contributed by atoms with Crippen molar-refractivity contribution in [2.75, 3.05) is 17.0 Å². The van der Waals surface area contributed by atoms with Gasteiger partial charge in [0.1, 0.15) is 5.82 Å². The predicted octanol–water partition coefficient (Wildman–Crippen LogP) is 2.47. The summed E-state index contributed by atoms with van der Waals surface area (Å²) in [6.45, 7) is 0.673. The molecular formula is C12H16BrFN2O2S. The van der Waals surface area contributed by atoms with Gasteiger partial charge in [0.05, 0.1) is 11.4 Å². The lowest BCUT2D eigenvalue weighted by atomic mass is 10.3. The van der Waals surface area contributed by atoms with E-state index in [1.165, 1.54) is 31.0 Å². The molecule has 1 aromatic carbocycles. The van der Waals surface area contributed by atoms with Gasteiger partial charge in [-0.3, -0.25) is 4.72 Å². The van der Waals surface area contributed by atoms with Crippen LogP contribution in [0.25, 0.3) is 0 Å². The van der Waals surface area contributed by atoms with Gasteiger partial charge in [-0.2, -0.15) is 0 Å². The molecule has 0 bridgehead atoms. The molecule has 1 saturated carbocycles. The maximum atomic E-state index is 13.4. The number of rotatable bonds is 7. The van der Waals surface area contributed by atoms with Crippen LogP contribution < -0.4 is 10.0 Å². The molecule has 1 aliphatic rings. The van der Waals surface area contributed by atoms with Crippen LogP contribution in [0.3, 0.4) is 0 Å². The van der Waals surface area contributed by atoms with Crippen molar-refractivity contribution in [3.63, 3.8) is 0 Å². The molecule has 0 spiro atoms. The Morgan fingerprint density at radius 1 is 1.37 bits per heavy atom. The van der Waals surface area contributed by atoms with Crippen LogP contribution in [0.5, 0.6) is 0 Å². The van der Waals surface area contributed by atoms with E-state index in [0.717, 1.165) is 0 Å². The van der Waals surface area contributed by atoms with Gasteiger partial charge in [0.15, 0.2) is 0 Å². The quantitative estimate of drug-likeness (QED) is 0.742. The lowest BCUT2D eigenvalue weighted by molar-refractivity contribution is 0.591. The summed E-state index contributed by atoms with van der Waals surface area (Å²) in [5.41, 5.74) is -0.0236. The lowest BCUT2D eigenvalue weighted by Gasteiger charge is -2.09. The van der Waals surface area contributed by atoms with Crippen molar-refractivity contribution in [2.45, 2.75) is 25.3 Å². The molecule has 1 aromatic rings. The van der Waals surface area contributed by atoms with Crippen LogP contribution >= 0.6 is 15.9 Å². The zero-order valence-corrected chi connectivity index (χ0v) is 12.7. The fourth-order valence-corrected chi connectivity index (χ4v) is 3.13. The van der Waals surface area contributed by atoms with Gasteiger partial charge in [-0.05, 0) is 44.0 Å². The highest BCUT2D eigenvalue weighted by molar-refractivity contribution is 9.10. The number of sulfonamides is 1. The average molecular weight is 351 g/mol. The molecule has 0 amide bonds. The minimum Gasteiger partial charge on any atom is -0.314 e. The van der Waals surface area contributed by atoms with Crippen molar-refractivity contribution in [3.05, 3.63) is 28.5 Å². The summed E-state index contributed by atoms with van der Waals surface area (Å²) >= 11 is 3.18. The molecule has 0 unspecified atom stereocenters. The maximum absolute atomic E-state index is 13.4. The molecule has 1 fully saturated rings. The fourth-order valence-electron chi connectivity index (χ4n) is 1.65. The number of anilines is 1. The van der Waals surface area contributed by atoms with Gasteiger partial charge in [0, 0.05) is 10.5 Å². The number of benzene rings is 1. The van der Waals surface area contributed by atoms with Gasteiger partial charge in [0.2, 0.25) is 10.0 Å². The summed E-state index contributed by atoms with van der Waals surface area (Å²) in [5, 5.41) is 3.24. The minimum atomic E-state index is -3.50. The molecule has 7 heteroatoms. The first-order valence-corrected chi connectivity index (χ1v) is 8.60. The third-order valence-electron chi connectivity index (χ3n) is 2.79. The Morgan fingerprint density at radius 2 is 2.11 bits per heavy atom. The molecule has 0 aromatic heterocycles. The average Bonchev–Trinajstić information content (AvgIpc) is 3.13. The highest BCUT2D eigenvalue weighted by atomic mass is 79.9. The van der Waals surface area contributed by atoms with Gasteiger partial charge in [0.25, 0.3) is 0 Å². The second-order valence-corrected chi connectivity index (χ2v) is 7.38. The first-order chi connectivity index (χ1) is 8.96. The molecule has 19 heavy (non-hydrogen) atoms. The molecule has 2 rings (SSSR count). The van der Waals surface area contributed by atoms with Gasteiger partial charge in [-0.25, -0.2) is 12.8 Å². The van der Waals surface area contributed by atoms with E-state index in [1.54, 1.807) is 0 Å². The van der Waals surface area contributed by atoms with Crippen molar-refractivity contribution in [1.82, 2.24) is 5.32 Å². The summed E-state index contributed by atoms with van der Waals surface area (Å²) in [7, 11) is -3.50. The maximum Gasteiger partial charge on any atom is 0.232 e. The van der Waals surface area contributed by atoms with E-state index in [0.29, 0.717) is 23.5 Å². The SMILES string of the molecule is O=S(=O)(CCCNC1CC1)Nc1cc(Br)ccc1F. The van der Waals surface area contributed by atoms with Crippen LogP contribution in [0, 0.1) is 5.82 Å². The van der Waals surface area contributed by atoms with Crippen molar-refractivity contribution in [2.24, 2.45) is 0 Å². The molecule has 106 valence electrons. The van der Waals surface area contributed by atoms with Crippen LogP contribution in [0.1, 0.15) is 19.3 Å². The lowest BCUT2D eigenvalue weighted by Crippen LogP contribution is -2.23. The molecule has 1 aliphatic carbocycles. The van der Waals surface area contributed by atoms with E-state index in [4.69, 9.17) is 0 Å². The van der Waals surface area contributed by atoms with Crippen LogP contribution in [0.4, 0.5) is 10.1 Å². The molecular weight excluding hydrogens is 335 g/mol. The number of hydrogen-bond donors (Lipinski definition) is 2. The molecule has 4 nitrogen and oxygen atoms in total. The molecule has 2 N–H and O–H groups in total. The zero-order chi connectivity index (χ0) is 13.9. The van der Waals surface area contributed by atoms with E-state index in [2.05, 4.69) is 26.0 Å². The molecule has 0 heterocycles. The van der Waals surface area contributed by atoms with Gasteiger partial charge in [-0.15, -0.1) is 0 Å². The molecule has 0 radical (unpaired) electrons. The van der Waals surface area contributed by atoms with E-state index in [-0.39, 0.29) is 11.4 Å². The van der Waals surface area contributed by atoms with Crippen LogP contribution in [0.15, 0.2) is 22.7 Å². The van der Waals surface area contributed by atoms with Gasteiger partial charge < -0.3 is 5.32 Å². The van der Waals surface area contributed by atoms with Gasteiger partial charge >= 0.3 is 0 Å². The summed E-state index contributed by atoms with van der Waals surface area (Å²) in [6, 6.07) is 4.72. The zero-order valence-electron chi connectivity index (χ0n) is 10.3. The number of hydrogen-bond acceptors (Lipinski definition) is 3. The Hall–Kier alpha value is -0.660. The Bertz CT molecular complexity index is 547. The summed E-state index contributed by atoms with van der Waals surface area (Å²) in [5.74, 6) is -0.596. The van der Waals surface area contributed by atoms with Crippen LogP contribution in [-0.2, 0) is 10.0 Å². The molecule has 0 aliphatic heterocycles. The molecule has 0 saturated heterocycles. The van der Waals surface area contributed by atoms with E-state index in [9.17, 15) is 12.8 Å². The first kappa shape index (κ1) is 14.7. The first-order valence-electron chi connectivity index (χ1n) is 6.15. The summed E-state index contributed by atoms with van der Waals surface area (Å²) < 4.78 is 39.9. The monoisotopic (exact) mass is 350 g/mol. The number of nitrogens with one attached hydrogen (secondary N) is 2. The van der Waals surface area contributed by atoms with Gasteiger partial charge in [-0.1, -0.05) is 15.9 Å². The van der Waals surface area contributed by atoms with Crippen molar-refractivity contribution >= 4 is 31.6 Å². The largest absolute Gasteiger partial charge is 0.314 e. The van der Waals surface area contributed by atoms with Crippen LogP contribution in [0.2, 0.25) is 0 Å². The topological polar surface area (TPSA) is 58.2 Å². The van der Waals surface area contributed by atoms with E-state index >= 15 is 0 Å². The Morgan fingerprint density at radius 3 is 2.79 bits per heavy atom. The standard InChI is InChI=1S/C12H16BrFN2O2S/c13-9-2-5-11(14)12(8-9)16-19(17,18)7-1-6-15-10-3-4-10/h2,5,8,10,15-16H,1,3-4,6-7H2. The Labute approximate surface area is 121 Å². The van der Waals surface area contributed by atoms with E-state index < -0.39 is 15.8 Å². The van der Waals surface area contributed by atoms with Crippen LogP contribution in [-0.4, -0.2) is 26.8 Å². The number of halogens is 2.